The smallest absolute Gasteiger partial charge is 0.182 e. The lowest BCUT2D eigenvalue weighted by molar-refractivity contribution is 0.401. The first-order valence-electron chi connectivity index (χ1n) is 6.42. The number of hydrogen-bond donors (Lipinski definition) is 2. The monoisotopic (exact) mass is 246 g/mol. The fourth-order valence-electron chi connectivity index (χ4n) is 2.70. The molecule has 3 rings (SSSR count). The Bertz CT molecular complexity index is 520. The number of nitrogens with one attached hydrogen (secondary N) is 2. The first kappa shape index (κ1) is 11.4. The number of aromatic amines is 1. The van der Waals surface area contributed by atoms with E-state index in [2.05, 4.69) is 30.2 Å². The quantitative estimate of drug-likeness (QED) is 0.838. The molecule has 96 valence electrons. The number of anilines is 1. The van der Waals surface area contributed by atoms with Crippen LogP contribution in [0.25, 0.3) is 11.2 Å². The molecule has 0 aliphatic carbocycles. The molecule has 2 N–H and O–H groups in total. The zero-order chi connectivity index (χ0) is 12.4. The molecule has 6 heteroatoms. The molecule has 0 radical (unpaired) electrons. The minimum atomic E-state index is 0.691. The maximum absolute atomic E-state index is 4.42. The van der Waals surface area contributed by atoms with E-state index in [9.17, 15) is 0 Å². The molecule has 1 atom stereocenters. The lowest BCUT2D eigenvalue weighted by Gasteiger charge is -2.33. The molecule has 1 saturated heterocycles. The molecule has 3 heterocycles. The summed E-state index contributed by atoms with van der Waals surface area (Å²) in [4.78, 5) is 18.2. The van der Waals surface area contributed by atoms with Gasteiger partial charge >= 0.3 is 0 Å². The second-order valence-electron chi connectivity index (χ2n) is 4.81. The van der Waals surface area contributed by atoms with Crippen molar-refractivity contribution < 1.29 is 0 Å². The Labute approximate surface area is 106 Å². The second-order valence-corrected chi connectivity index (χ2v) is 4.81. The van der Waals surface area contributed by atoms with Crippen LogP contribution in [0.1, 0.15) is 12.8 Å². The van der Waals surface area contributed by atoms with E-state index < -0.39 is 0 Å². The van der Waals surface area contributed by atoms with Crippen molar-refractivity contribution in [3.63, 3.8) is 0 Å². The van der Waals surface area contributed by atoms with Gasteiger partial charge in [-0.1, -0.05) is 0 Å². The molecule has 6 nitrogen and oxygen atoms in total. The number of aromatic nitrogens is 4. The molecule has 1 unspecified atom stereocenters. The summed E-state index contributed by atoms with van der Waals surface area (Å²) < 4.78 is 0. The van der Waals surface area contributed by atoms with Crippen molar-refractivity contribution in [1.29, 1.82) is 0 Å². The van der Waals surface area contributed by atoms with Gasteiger partial charge in [-0.05, 0) is 32.4 Å². The summed E-state index contributed by atoms with van der Waals surface area (Å²) in [5, 5.41) is 3.26. The molecule has 18 heavy (non-hydrogen) atoms. The number of imidazole rings is 1. The summed E-state index contributed by atoms with van der Waals surface area (Å²) in [5.41, 5.74) is 1.69. The minimum absolute atomic E-state index is 0.691. The Morgan fingerprint density at radius 3 is 3.28 bits per heavy atom. The van der Waals surface area contributed by atoms with Crippen LogP contribution < -0.4 is 10.2 Å². The van der Waals surface area contributed by atoms with E-state index in [0.29, 0.717) is 5.92 Å². The minimum Gasteiger partial charge on any atom is -0.354 e. The highest BCUT2D eigenvalue weighted by molar-refractivity contribution is 5.82. The van der Waals surface area contributed by atoms with Crippen molar-refractivity contribution in [3.8, 4) is 0 Å². The van der Waals surface area contributed by atoms with E-state index in [0.717, 1.165) is 36.6 Å². The van der Waals surface area contributed by atoms with Crippen molar-refractivity contribution in [3.05, 3.63) is 12.7 Å². The topological polar surface area (TPSA) is 69.7 Å². The highest BCUT2D eigenvalue weighted by Gasteiger charge is 2.22. The summed E-state index contributed by atoms with van der Waals surface area (Å²) in [7, 11) is 2.01. The first-order valence-corrected chi connectivity index (χ1v) is 6.42. The van der Waals surface area contributed by atoms with E-state index in [-0.39, 0.29) is 0 Å². The fraction of sp³-hybridized carbons (Fsp3) is 0.583. The summed E-state index contributed by atoms with van der Waals surface area (Å²) in [6.07, 6.45) is 5.78. The van der Waals surface area contributed by atoms with Gasteiger partial charge in [0.1, 0.15) is 11.8 Å². The Hall–Kier alpha value is -1.69. The van der Waals surface area contributed by atoms with E-state index >= 15 is 0 Å². The molecule has 0 aromatic carbocycles. The number of rotatable bonds is 3. The predicted molar refractivity (Wildman–Crippen MR) is 70.5 cm³/mol. The van der Waals surface area contributed by atoms with Crippen LogP contribution in [0.15, 0.2) is 12.7 Å². The number of hydrogen-bond acceptors (Lipinski definition) is 5. The molecule has 1 aliphatic rings. The summed E-state index contributed by atoms with van der Waals surface area (Å²) in [6.45, 7) is 3.17. The van der Waals surface area contributed by atoms with Crippen molar-refractivity contribution in [1.82, 2.24) is 25.3 Å². The first-order chi connectivity index (χ1) is 8.88. The van der Waals surface area contributed by atoms with Gasteiger partial charge < -0.3 is 15.2 Å². The molecule has 0 bridgehead atoms. The van der Waals surface area contributed by atoms with Crippen molar-refractivity contribution in [2.24, 2.45) is 5.92 Å². The summed E-state index contributed by atoms with van der Waals surface area (Å²) in [5.74, 6) is 1.68. The van der Waals surface area contributed by atoms with E-state index in [1.165, 1.54) is 12.8 Å². The summed E-state index contributed by atoms with van der Waals surface area (Å²) in [6, 6.07) is 0. The van der Waals surface area contributed by atoms with Gasteiger partial charge in [0.25, 0.3) is 0 Å². The van der Waals surface area contributed by atoms with Crippen LogP contribution in [0.4, 0.5) is 5.82 Å². The fourth-order valence-corrected chi connectivity index (χ4v) is 2.70. The van der Waals surface area contributed by atoms with Gasteiger partial charge in [0.15, 0.2) is 11.5 Å². The lowest BCUT2D eigenvalue weighted by atomic mass is 9.98. The maximum atomic E-state index is 4.42. The second kappa shape index (κ2) is 4.89. The Morgan fingerprint density at radius 2 is 2.39 bits per heavy atom. The molecule has 0 spiro atoms. The number of fused-ring (bicyclic) bond motifs is 1. The predicted octanol–water partition coefficient (Wildman–Crippen LogP) is 0.789. The van der Waals surface area contributed by atoms with Gasteiger partial charge in [-0.2, -0.15) is 0 Å². The van der Waals surface area contributed by atoms with Crippen LogP contribution in [-0.2, 0) is 0 Å². The third-order valence-electron chi connectivity index (χ3n) is 3.51. The van der Waals surface area contributed by atoms with Crippen molar-refractivity contribution >= 4 is 17.0 Å². The highest BCUT2D eigenvalue weighted by atomic mass is 15.2. The van der Waals surface area contributed by atoms with Gasteiger partial charge in [-0.3, -0.25) is 0 Å². The Morgan fingerprint density at radius 1 is 1.44 bits per heavy atom. The number of H-pyrrole nitrogens is 1. The van der Waals surface area contributed by atoms with E-state index in [1.807, 2.05) is 7.05 Å². The standard InChI is InChI=1S/C12H18N6/c1-13-5-9-3-2-4-18(6-9)12-10-11(15-7-14-10)16-8-17-12/h7-9,13H,2-6H2,1H3,(H,14,15,16,17). The molecule has 2 aromatic rings. The normalized spacial score (nSPS) is 20.5. The van der Waals surface area contributed by atoms with Gasteiger partial charge in [0.2, 0.25) is 0 Å². The SMILES string of the molecule is CNCC1CCCN(c2ncnc3nc[nH]c23)C1. The zero-order valence-corrected chi connectivity index (χ0v) is 10.6. The van der Waals surface area contributed by atoms with E-state index in [4.69, 9.17) is 0 Å². The molecule has 1 aliphatic heterocycles. The van der Waals surface area contributed by atoms with Crippen LogP contribution >= 0.6 is 0 Å². The van der Waals surface area contributed by atoms with E-state index in [1.54, 1.807) is 12.7 Å². The highest BCUT2D eigenvalue weighted by Crippen LogP contribution is 2.25. The third kappa shape index (κ3) is 2.03. The van der Waals surface area contributed by atoms with Gasteiger partial charge in [0, 0.05) is 13.1 Å². The molecule has 0 amide bonds. The van der Waals surface area contributed by atoms with Crippen LogP contribution in [0.5, 0.6) is 0 Å². The number of piperidine rings is 1. The molecule has 0 saturated carbocycles. The molecular formula is C12H18N6. The molecular weight excluding hydrogens is 228 g/mol. The zero-order valence-electron chi connectivity index (χ0n) is 10.6. The van der Waals surface area contributed by atoms with Crippen molar-refractivity contribution in [2.75, 3.05) is 31.6 Å². The van der Waals surface area contributed by atoms with Crippen LogP contribution in [0.3, 0.4) is 0 Å². The van der Waals surface area contributed by atoms with Crippen molar-refractivity contribution in [2.45, 2.75) is 12.8 Å². The average Bonchev–Trinajstić information content (AvgIpc) is 2.87. The molecule has 1 fully saturated rings. The average molecular weight is 246 g/mol. The van der Waals surface area contributed by atoms with Gasteiger partial charge in [-0.25, -0.2) is 15.0 Å². The van der Waals surface area contributed by atoms with Gasteiger partial charge in [-0.15, -0.1) is 0 Å². The number of nitrogens with zero attached hydrogens (tertiary/aromatic N) is 4. The molecule has 2 aromatic heterocycles. The Kier molecular flexibility index (Phi) is 3.10. The Balaban J connectivity index is 1.87. The lowest BCUT2D eigenvalue weighted by Crippen LogP contribution is -2.39. The largest absolute Gasteiger partial charge is 0.354 e. The van der Waals surface area contributed by atoms with Gasteiger partial charge in [0.05, 0.1) is 6.33 Å². The van der Waals surface area contributed by atoms with Crippen LogP contribution in [0, 0.1) is 5.92 Å². The van der Waals surface area contributed by atoms with Crippen LogP contribution in [-0.4, -0.2) is 46.6 Å². The maximum Gasteiger partial charge on any atom is 0.182 e. The van der Waals surface area contributed by atoms with Crippen LogP contribution in [0.2, 0.25) is 0 Å². The third-order valence-corrected chi connectivity index (χ3v) is 3.51. The summed E-state index contributed by atoms with van der Waals surface area (Å²) >= 11 is 0.